The Morgan fingerprint density at radius 3 is 2.43 bits per heavy atom. The number of aryl methyl sites for hydroxylation is 1. The molecule has 1 N–H and O–H groups in total. The van der Waals surface area contributed by atoms with Gasteiger partial charge in [0.25, 0.3) is 5.91 Å². The highest BCUT2D eigenvalue weighted by atomic mass is 16.4. The number of aliphatic carboxylic acids is 1. The van der Waals surface area contributed by atoms with E-state index in [0.717, 1.165) is 11.3 Å². The number of carboxylic acids is 1. The lowest BCUT2D eigenvalue weighted by molar-refractivity contribution is -0.137. The van der Waals surface area contributed by atoms with E-state index in [1.807, 2.05) is 43.3 Å². The van der Waals surface area contributed by atoms with Gasteiger partial charge in [0.05, 0.1) is 17.0 Å². The van der Waals surface area contributed by atoms with Gasteiger partial charge in [-0.05, 0) is 25.5 Å². The van der Waals surface area contributed by atoms with Crippen molar-refractivity contribution < 1.29 is 14.7 Å². The Bertz CT molecular complexity index is 699. The predicted molar refractivity (Wildman–Crippen MR) is 88.2 cm³/mol. The average molecular weight is 312 g/mol. The number of benzene rings is 1. The first-order valence-electron chi connectivity index (χ1n) is 7.49. The summed E-state index contributed by atoms with van der Waals surface area (Å²) >= 11 is 0. The van der Waals surface area contributed by atoms with Crippen LogP contribution in [0.2, 0.25) is 0 Å². The lowest BCUT2D eigenvalue weighted by Gasteiger charge is -2.18. The van der Waals surface area contributed by atoms with E-state index < -0.39 is 5.97 Å². The third kappa shape index (κ3) is 4.39. The van der Waals surface area contributed by atoms with Crippen LogP contribution in [-0.2, 0) is 4.79 Å². The van der Waals surface area contributed by atoms with Crippen molar-refractivity contribution in [3.05, 3.63) is 53.7 Å². The molecule has 120 valence electrons. The van der Waals surface area contributed by atoms with E-state index in [4.69, 9.17) is 5.11 Å². The third-order valence-corrected chi connectivity index (χ3v) is 3.62. The van der Waals surface area contributed by atoms with Crippen LogP contribution >= 0.6 is 0 Å². The van der Waals surface area contributed by atoms with Crippen molar-refractivity contribution in [1.82, 2.24) is 9.88 Å². The fraction of sp³-hybridized carbons (Fsp3) is 0.278. The predicted octanol–water partition coefficient (Wildman–Crippen LogP) is 2.99. The maximum absolute atomic E-state index is 12.4. The van der Waals surface area contributed by atoms with E-state index in [1.54, 1.807) is 13.1 Å². The van der Waals surface area contributed by atoms with Crippen LogP contribution in [0.1, 0.15) is 28.9 Å². The number of nitrogens with zero attached hydrogens (tertiary/aromatic N) is 2. The average Bonchev–Trinajstić information content (AvgIpc) is 2.54. The number of carboxylic acid groups (broad SMARTS) is 1. The lowest BCUT2D eigenvalue weighted by atomic mass is 10.1. The van der Waals surface area contributed by atoms with Gasteiger partial charge in [-0.3, -0.25) is 14.6 Å². The Labute approximate surface area is 135 Å². The summed E-state index contributed by atoms with van der Waals surface area (Å²) in [7, 11) is 1.68. The molecular formula is C18H20N2O3. The zero-order chi connectivity index (χ0) is 16.8. The second kappa shape index (κ2) is 7.54. The van der Waals surface area contributed by atoms with Crippen LogP contribution in [0.5, 0.6) is 0 Å². The molecule has 5 nitrogen and oxygen atoms in total. The minimum absolute atomic E-state index is 0.0573. The van der Waals surface area contributed by atoms with Gasteiger partial charge in [-0.2, -0.15) is 0 Å². The molecule has 0 fully saturated rings. The molecular weight excluding hydrogens is 292 g/mol. The van der Waals surface area contributed by atoms with E-state index in [2.05, 4.69) is 4.98 Å². The smallest absolute Gasteiger partial charge is 0.303 e. The quantitative estimate of drug-likeness (QED) is 0.890. The largest absolute Gasteiger partial charge is 0.481 e. The maximum atomic E-state index is 12.4. The third-order valence-electron chi connectivity index (χ3n) is 3.62. The van der Waals surface area contributed by atoms with Crippen molar-refractivity contribution in [2.75, 3.05) is 13.6 Å². The van der Waals surface area contributed by atoms with Crippen LogP contribution in [0.15, 0.2) is 42.5 Å². The number of carbonyl (C=O) groups is 2. The Morgan fingerprint density at radius 1 is 1.13 bits per heavy atom. The van der Waals surface area contributed by atoms with E-state index >= 15 is 0 Å². The Hall–Kier alpha value is -2.69. The van der Waals surface area contributed by atoms with Crippen LogP contribution in [-0.4, -0.2) is 40.5 Å². The number of hydrogen-bond acceptors (Lipinski definition) is 3. The highest BCUT2D eigenvalue weighted by Crippen LogP contribution is 2.19. The summed E-state index contributed by atoms with van der Waals surface area (Å²) in [5, 5.41) is 8.65. The molecule has 0 atom stereocenters. The first-order chi connectivity index (χ1) is 11.0. The first-order valence-corrected chi connectivity index (χ1v) is 7.49. The van der Waals surface area contributed by atoms with Crippen molar-refractivity contribution in [1.29, 1.82) is 0 Å². The number of hydrogen-bond donors (Lipinski definition) is 1. The molecule has 2 aromatic rings. The molecule has 0 aliphatic carbocycles. The number of amides is 1. The monoisotopic (exact) mass is 312 g/mol. The topological polar surface area (TPSA) is 70.5 Å². The SMILES string of the molecule is Cc1nc(-c2ccccc2)ccc1C(=O)N(C)CCCC(=O)O. The zero-order valence-electron chi connectivity index (χ0n) is 13.3. The van der Waals surface area contributed by atoms with Gasteiger partial charge in [0, 0.05) is 25.6 Å². The summed E-state index contributed by atoms with van der Waals surface area (Å²) in [6, 6.07) is 13.4. The number of carbonyl (C=O) groups excluding carboxylic acids is 1. The summed E-state index contributed by atoms with van der Waals surface area (Å²) in [6.07, 6.45) is 0.494. The number of aromatic nitrogens is 1. The van der Waals surface area contributed by atoms with Crippen molar-refractivity contribution in [2.45, 2.75) is 19.8 Å². The molecule has 0 bridgehead atoms. The maximum Gasteiger partial charge on any atom is 0.303 e. The van der Waals surface area contributed by atoms with E-state index in [-0.39, 0.29) is 12.3 Å². The van der Waals surface area contributed by atoms with Gasteiger partial charge >= 0.3 is 5.97 Å². The molecule has 1 amide bonds. The van der Waals surface area contributed by atoms with Crippen molar-refractivity contribution in [3.63, 3.8) is 0 Å². The highest BCUT2D eigenvalue weighted by molar-refractivity contribution is 5.95. The van der Waals surface area contributed by atoms with Crippen LogP contribution < -0.4 is 0 Å². The van der Waals surface area contributed by atoms with E-state index in [0.29, 0.717) is 24.2 Å². The molecule has 0 saturated carbocycles. The molecule has 0 saturated heterocycles. The minimum Gasteiger partial charge on any atom is -0.481 e. The molecule has 1 aromatic heterocycles. The molecule has 0 aliphatic heterocycles. The van der Waals surface area contributed by atoms with Gasteiger partial charge in [0.2, 0.25) is 0 Å². The molecule has 0 unspecified atom stereocenters. The molecule has 2 rings (SSSR count). The van der Waals surface area contributed by atoms with Crippen LogP contribution in [0.25, 0.3) is 11.3 Å². The fourth-order valence-corrected chi connectivity index (χ4v) is 2.33. The minimum atomic E-state index is -0.851. The van der Waals surface area contributed by atoms with Crippen molar-refractivity contribution in [2.24, 2.45) is 0 Å². The van der Waals surface area contributed by atoms with E-state index in [1.165, 1.54) is 4.90 Å². The second-order valence-corrected chi connectivity index (χ2v) is 5.42. The highest BCUT2D eigenvalue weighted by Gasteiger charge is 2.15. The van der Waals surface area contributed by atoms with Gasteiger partial charge in [-0.1, -0.05) is 30.3 Å². The summed E-state index contributed by atoms with van der Waals surface area (Å²) in [4.78, 5) is 29.0. The molecule has 1 aromatic carbocycles. The van der Waals surface area contributed by atoms with Gasteiger partial charge in [0.1, 0.15) is 0 Å². The summed E-state index contributed by atoms with van der Waals surface area (Å²) in [5.74, 6) is -0.990. The second-order valence-electron chi connectivity index (χ2n) is 5.42. The lowest BCUT2D eigenvalue weighted by Crippen LogP contribution is -2.29. The summed E-state index contributed by atoms with van der Waals surface area (Å²) in [5.41, 5.74) is 3.04. The Morgan fingerprint density at radius 2 is 1.83 bits per heavy atom. The summed E-state index contributed by atoms with van der Waals surface area (Å²) in [6.45, 7) is 2.22. The first kappa shape index (κ1) is 16.7. The van der Waals surface area contributed by atoms with Gasteiger partial charge < -0.3 is 10.0 Å². The standard InChI is InChI=1S/C18H20N2O3/c1-13-15(18(23)20(2)12-6-9-17(21)22)10-11-16(19-13)14-7-4-3-5-8-14/h3-5,7-8,10-11H,6,9,12H2,1-2H3,(H,21,22). The molecule has 0 aliphatic rings. The van der Waals surface area contributed by atoms with Gasteiger partial charge in [-0.15, -0.1) is 0 Å². The summed E-state index contributed by atoms with van der Waals surface area (Å²) < 4.78 is 0. The van der Waals surface area contributed by atoms with E-state index in [9.17, 15) is 9.59 Å². The normalized spacial score (nSPS) is 10.3. The number of pyridine rings is 1. The fourth-order valence-electron chi connectivity index (χ4n) is 2.33. The number of rotatable bonds is 6. The molecule has 23 heavy (non-hydrogen) atoms. The van der Waals surface area contributed by atoms with Crippen LogP contribution in [0.3, 0.4) is 0 Å². The molecule has 1 heterocycles. The molecule has 5 heteroatoms. The Balaban J connectivity index is 2.11. The molecule has 0 radical (unpaired) electrons. The van der Waals surface area contributed by atoms with Gasteiger partial charge in [0.15, 0.2) is 0 Å². The molecule has 0 spiro atoms. The van der Waals surface area contributed by atoms with Crippen LogP contribution in [0.4, 0.5) is 0 Å². The van der Waals surface area contributed by atoms with Gasteiger partial charge in [-0.25, -0.2) is 0 Å². The Kier molecular flexibility index (Phi) is 5.46. The van der Waals surface area contributed by atoms with Crippen molar-refractivity contribution >= 4 is 11.9 Å². The van der Waals surface area contributed by atoms with Crippen LogP contribution in [0, 0.1) is 6.92 Å². The van der Waals surface area contributed by atoms with Crippen molar-refractivity contribution in [3.8, 4) is 11.3 Å². The zero-order valence-corrected chi connectivity index (χ0v) is 13.3.